The van der Waals surface area contributed by atoms with Gasteiger partial charge in [0.15, 0.2) is 10.3 Å². The van der Waals surface area contributed by atoms with E-state index in [1.165, 1.54) is 11.3 Å². The van der Waals surface area contributed by atoms with Crippen molar-refractivity contribution in [2.75, 3.05) is 11.9 Å². The molecule has 0 fully saturated rings. The molecule has 7 rings (SSSR count). The highest BCUT2D eigenvalue weighted by Crippen LogP contribution is 2.43. The third-order valence-corrected chi connectivity index (χ3v) is 8.42. The summed E-state index contributed by atoms with van der Waals surface area (Å²) in [5.41, 5.74) is 2.81. The van der Waals surface area contributed by atoms with Crippen molar-refractivity contribution in [1.82, 2.24) is 4.57 Å². The number of fused-ring (bicyclic) bond motifs is 6. The van der Waals surface area contributed by atoms with Crippen LogP contribution in [0.15, 0.2) is 82.0 Å². The maximum absolute atomic E-state index is 13.6. The molecular formula is C31H26N3O3S+. The van der Waals surface area contributed by atoms with Crippen molar-refractivity contribution in [2.24, 2.45) is 0 Å². The van der Waals surface area contributed by atoms with E-state index in [2.05, 4.69) is 54.0 Å². The van der Waals surface area contributed by atoms with Crippen LogP contribution >= 0.6 is 11.3 Å². The summed E-state index contributed by atoms with van der Waals surface area (Å²) in [4.78, 5) is 15.6. The highest BCUT2D eigenvalue weighted by molar-refractivity contribution is 7.07. The first-order valence-electron chi connectivity index (χ1n) is 12.8. The summed E-state index contributed by atoms with van der Waals surface area (Å²) in [6.07, 6.45) is 1.98. The molecule has 0 radical (unpaired) electrons. The van der Waals surface area contributed by atoms with E-state index in [9.17, 15) is 4.79 Å². The third-order valence-electron chi connectivity index (χ3n) is 7.32. The Kier molecular flexibility index (Phi) is 5.16. The summed E-state index contributed by atoms with van der Waals surface area (Å²) in [5.74, 6) is 2.04. The number of ether oxygens (including phenoxy) is 1. The highest BCUT2D eigenvalue weighted by atomic mass is 32.1. The zero-order chi connectivity index (χ0) is 26.0. The lowest BCUT2D eigenvalue weighted by molar-refractivity contribution is -0.674. The summed E-state index contributed by atoms with van der Waals surface area (Å²) >= 11 is 1.43. The van der Waals surface area contributed by atoms with Gasteiger partial charge < -0.3 is 14.1 Å². The quantitative estimate of drug-likeness (QED) is 0.317. The van der Waals surface area contributed by atoms with E-state index in [-0.39, 0.29) is 5.56 Å². The summed E-state index contributed by atoms with van der Waals surface area (Å²) in [6, 6.07) is 24.7. The van der Waals surface area contributed by atoms with Gasteiger partial charge >= 0.3 is 5.89 Å². The number of aromatic nitrogens is 2. The van der Waals surface area contributed by atoms with Crippen LogP contribution < -0.4 is 29.0 Å². The van der Waals surface area contributed by atoms with E-state index in [0.29, 0.717) is 22.9 Å². The molecule has 6 nitrogen and oxygen atoms in total. The molecule has 0 unspecified atom stereocenters. The predicted molar refractivity (Wildman–Crippen MR) is 153 cm³/mol. The van der Waals surface area contributed by atoms with Crippen LogP contribution in [0.3, 0.4) is 0 Å². The highest BCUT2D eigenvalue weighted by Gasteiger charge is 2.28. The number of oxazole rings is 1. The molecule has 1 aliphatic rings. The normalized spacial score (nSPS) is 15.1. The molecule has 2 aromatic heterocycles. The molecular weight excluding hydrogens is 494 g/mol. The molecule has 0 spiro atoms. The lowest BCUT2D eigenvalue weighted by Crippen LogP contribution is -2.36. The van der Waals surface area contributed by atoms with E-state index in [1.807, 2.05) is 55.3 Å². The third kappa shape index (κ3) is 3.25. The number of thiazole rings is 1. The lowest BCUT2D eigenvalue weighted by Gasteiger charge is -2.12. The predicted octanol–water partition coefficient (Wildman–Crippen LogP) is 4.71. The molecule has 1 aliphatic heterocycles. The standard InChI is InChI=1S/C31H26N3O3S/c1-4-33-23-16-14-20-11-7-9-13-22(20)28(23)37-25(33)18-26-34(5-2)30(35)29(38-26)31-32(3)27-21-12-8-6-10-19(21)15-17-24(27)36-31/h6-18H,4-5H2,1-3H3/q+1/b31-29-. The molecule has 0 saturated carbocycles. The zero-order valence-corrected chi connectivity index (χ0v) is 22.2. The average Bonchev–Trinajstić information content (AvgIpc) is 3.58. The monoisotopic (exact) mass is 520 g/mol. The minimum Gasteiger partial charge on any atom is -0.437 e. The van der Waals surface area contributed by atoms with E-state index >= 15 is 0 Å². The molecule has 0 amide bonds. The fourth-order valence-electron chi connectivity index (χ4n) is 5.47. The van der Waals surface area contributed by atoms with Crippen molar-refractivity contribution in [3.63, 3.8) is 0 Å². The first-order chi connectivity index (χ1) is 18.6. The average molecular weight is 521 g/mol. The Labute approximate surface area is 222 Å². The molecule has 0 bridgehead atoms. The second-order valence-electron chi connectivity index (χ2n) is 9.38. The molecule has 188 valence electrons. The fraction of sp³-hybridized carbons (Fsp3) is 0.161. The van der Waals surface area contributed by atoms with E-state index in [4.69, 9.17) is 9.15 Å². The first-order valence-corrected chi connectivity index (χ1v) is 13.6. The smallest absolute Gasteiger partial charge is 0.377 e. The number of hydrogen-bond donors (Lipinski definition) is 0. The fourth-order valence-corrected chi connectivity index (χ4v) is 6.63. The van der Waals surface area contributed by atoms with Crippen LogP contribution in [0.4, 0.5) is 5.69 Å². The van der Waals surface area contributed by atoms with E-state index in [1.54, 1.807) is 4.57 Å². The molecule has 0 N–H and O–H groups in total. The Morgan fingerprint density at radius 3 is 2.39 bits per heavy atom. The van der Waals surface area contributed by atoms with Crippen molar-refractivity contribution >= 4 is 61.6 Å². The minimum absolute atomic E-state index is 0.0627. The van der Waals surface area contributed by atoms with Crippen LogP contribution in [0.25, 0.3) is 44.6 Å². The molecule has 0 saturated heterocycles. The van der Waals surface area contributed by atoms with Gasteiger partial charge in [-0.2, -0.15) is 4.57 Å². The van der Waals surface area contributed by atoms with Gasteiger partial charge in [0.05, 0.1) is 11.8 Å². The van der Waals surface area contributed by atoms with Gasteiger partial charge in [0, 0.05) is 30.4 Å². The SMILES string of the molecule is CCn1c(=O)/c(=C2/Oc3ccc4ccccc4c3N2C)s/c1=C/c1oc2c3ccccc3ccc2[n+]1CC. The van der Waals surface area contributed by atoms with Crippen molar-refractivity contribution in [3.05, 3.63) is 98.2 Å². The largest absolute Gasteiger partial charge is 0.437 e. The maximum Gasteiger partial charge on any atom is 0.377 e. The van der Waals surface area contributed by atoms with Gasteiger partial charge in [-0.3, -0.25) is 9.36 Å². The molecule has 6 aromatic rings. The topological polar surface area (TPSA) is 51.5 Å². The van der Waals surface area contributed by atoms with Crippen molar-refractivity contribution in [1.29, 1.82) is 0 Å². The Morgan fingerprint density at radius 1 is 0.921 bits per heavy atom. The number of anilines is 1. The number of rotatable bonds is 3. The molecule has 0 atom stereocenters. The zero-order valence-electron chi connectivity index (χ0n) is 21.4. The van der Waals surface area contributed by atoms with Gasteiger partial charge in [0.25, 0.3) is 11.1 Å². The van der Waals surface area contributed by atoms with E-state index in [0.717, 1.165) is 55.3 Å². The summed E-state index contributed by atoms with van der Waals surface area (Å²) in [7, 11) is 1.96. The van der Waals surface area contributed by atoms with Gasteiger partial charge in [0.1, 0.15) is 11.2 Å². The second-order valence-corrected chi connectivity index (χ2v) is 10.4. The second kappa shape index (κ2) is 8.60. The van der Waals surface area contributed by atoms with Crippen LogP contribution in [0.2, 0.25) is 0 Å². The van der Waals surface area contributed by atoms with Gasteiger partial charge in [-0.15, -0.1) is 11.3 Å². The summed E-state index contributed by atoms with van der Waals surface area (Å²) in [6.45, 7) is 5.38. The van der Waals surface area contributed by atoms with Gasteiger partial charge in [0.2, 0.25) is 11.5 Å². The first kappa shape index (κ1) is 22.8. The van der Waals surface area contributed by atoms with Crippen LogP contribution in [0.5, 0.6) is 5.75 Å². The molecule has 0 aliphatic carbocycles. The van der Waals surface area contributed by atoms with E-state index < -0.39 is 0 Å². The van der Waals surface area contributed by atoms with Crippen molar-refractivity contribution in [2.45, 2.75) is 26.9 Å². The maximum atomic E-state index is 13.6. The number of nitrogens with zero attached hydrogens (tertiary/aromatic N) is 3. The number of hydrogen-bond acceptors (Lipinski definition) is 5. The summed E-state index contributed by atoms with van der Waals surface area (Å²) in [5, 5.41) is 4.45. The molecule has 3 heterocycles. The van der Waals surface area contributed by atoms with Crippen molar-refractivity contribution < 1.29 is 13.7 Å². The minimum atomic E-state index is -0.0627. The molecule has 4 aromatic carbocycles. The van der Waals surface area contributed by atoms with Crippen molar-refractivity contribution in [3.8, 4) is 5.75 Å². The Balaban J connectivity index is 1.45. The van der Waals surface area contributed by atoms with Crippen LogP contribution in [-0.2, 0) is 13.1 Å². The van der Waals surface area contributed by atoms with Gasteiger partial charge in [-0.25, -0.2) is 0 Å². The lowest BCUT2D eigenvalue weighted by atomic mass is 10.1. The number of benzene rings is 4. The number of aryl methyl sites for hydroxylation is 1. The van der Waals surface area contributed by atoms with Crippen LogP contribution in [-0.4, -0.2) is 11.6 Å². The van der Waals surface area contributed by atoms with Gasteiger partial charge in [-0.1, -0.05) is 54.6 Å². The Morgan fingerprint density at radius 2 is 1.63 bits per heavy atom. The summed E-state index contributed by atoms with van der Waals surface area (Å²) < 4.78 is 18.1. The van der Waals surface area contributed by atoms with Crippen LogP contribution in [0, 0.1) is 0 Å². The van der Waals surface area contributed by atoms with Crippen LogP contribution in [0.1, 0.15) is 19.7 Å². The molecule has 7 heteroatoms. The van der Waals surface area contributed by atoms with Gasteiger partial charge in [-0.05, 0) is 36.8 Å². The molecule has 38 heavy (non-hydrogen) atoms. The Hall–Kier alpha value is -4.36. The Bertz CT molecular complexity index is 2080.